The van der Waals surface area contributed by atoms with Gasteiger partial charge < -0.3 is 8.98 Å². The standard InChI is InChI=1S/C45H28N4O/c1-2-9-32(10-3-1)45-47-39(30-18-16-29(17-19-30)33-11-8-26-46-28-33)27-40(48-45)31-20-22-34(23-21-31)49-41-14-6-4-12-35(41)37-24-25-38-36-13-5-7-15-42(36)50-44(38)43(37)49/h1-28H. The Balaban J connectivity index is 1.11. The lowest BCUT2D eigenvalue weighted by atomic mass is 10.0. The summed E-state index contributed by atoms with van der Waals surface area (Å²) in [7, 11) is 0. The summed E-state index contributed by atoms with van der Waals surface area (Å²) in [6.45, 7) is 0. The van der Waals surface area contributed by atoms with E-state index in [-0.39, 0.29) is 0 Å². The monoisotopic (exact) mass is 640 g/mol. The highest BCUT2D eigenvalue weighted by Crippen LogP contribution is 2.40. The second-order valence-corrected chi connectivity index (χ2v) is 12.5. The fourth-order valence-electron chi connectivity index (χ4n) is 7.11. The van der Waals surface area contributed by atoms with Crippen molar-refractivity contribution in [3.63, 3.8) is 0 Å². The topological polar surface area (TPSA) is 56.7 Å². The van der Waals surface area contributed by atoms with Gasteiger partial charge in [0.25, 0.3) is 0 Å². The van der Waals surface area contributed by atoms with Gasteiger partial charge in [-0.05, 0) is 53.6 Å². The van der Waals surface area contributed by atoms with Crippen LogP contribution in [0, 0.1) is 0 Å². The Morgan fingerprint density at radius 1 is 0.460 bits per heavy atom. The lowest BCUT2D eigenvalue weighted by molar-refractivity contribution is 0.671. The van der Waals surface area contributed by atoms with Crippen molar-refractivity contribution in [2.75, 3.05) is 0 Å². The predicted molar refractivity (Wildman–Crippen MR) is 203 cm³/mol. The maximum absolute atomic E-state index is 6.55. The van der Waals surface area contributed by atoms with Crippen molar-refractivity contribution < 1.29 is 4.42 Å². The van der Waals surface area contributed by atoms with Crippen molar-refractivity contribution in [2.45, 2.75) is 0 Å². The summed E-state index contributed by atoms with van der Waals surface area (Å²) >= 11 is 0. The van der Waals surface area contributed by atoms with Crippen LogP contribution in [0.25, 0.3) is 94.5 Å². The van der Waals surface area contributed by atoms with Crippen molar-refractivity contribution in [1.82, 2.24) is 19.5 Å². The van der Waals surface area contributed by atoms with E-state index in [1.54, 1.807) is 6.20 Å². The molecule has 0 aliphatic heterocycles. The lowest BCUT2D eigenvalue weighted by Crippen LogP contribution is -1.97. The zero-order valence-corrected chi connectivity index (χ0v) is 26.9. The van der Waals surface area contributed by atoms with E-state index in [2.05, 4.69) is 131 Å². The first-order chi connectivity index (χ1) is 24.8. The Bertz CT molecular complexity index is 2840. The molecule has 234 valence electrons. The molecule has 0 fully saturated rings. The molecule has 0 unspecified atom stereocenters. The van der Waals surface area contributed by atoms with E-state index in [4.69, 9.17) is 14.4 Å². The maximum Gasteiger partial charge on any atom is 0.160 e. The minimum absolute atomic E-state index is 0.688. The van der Waals surface area contributed by atoms with Crippen LogP contribution in [0.5, 0.6) is 0 Å². The molecule has 0 N–H and O–H groups in total. The second kappa shape index (κ2) is 11.4. The van der Waals surface area contributed by atoms with Crippen LogP contribution >= 0.6 is 0 Å². The third-order valence-corrected chi connectivity index (χ3v) is 9.53. The predicted octanol–water partition coefficient (Wildman–Crippen LogP) is 11.5. The highest BCUT2D eigenvalue weighted by atomic mass is 16.3. The van der Waals surface area contributed by atoms with Crippen LogP contribution in [0.2, 0.25) is 0 Å². The molecule has 6 aromatic carbocycles. The van der Waals surface area contributed by atoms with E-state index in [0.717, 1.165) is 77.9 Å². The van der Waals surface area contributed by atoms with Gasteiger partial charge in [-0.3, -0.25) is 4.98 Å². The minimum Gasteiger partial charge on any atom is -0.454 e. The van der Waals surface area contributed by atoms with Crippen molar-refractivity contribution >= 4 is 43.7 Å². The zero-order chi connectivity index (χ0) is 33.0. The van der Waals surface area contributed by atoms with Gasteiger partial charge in [-0.15, -0.1) is 0 Å². The number of nitrogens with zero attached hydrogens (tertiary/aromatic N) is 4. The zero-order valence-electron chi connectivity index (χ0n) is 26.9. The fourth-order valence-corrected chi connectivity index (χ4v) is 7.11. The molecule has 0 saturated heterocycles. The summed E-state index contributed by atoms with van der Waals surface area (Å²) < 4.78 is 8.88. The number of hydrogen-bond donors (Lipinski definition) is 0. The normalized spacial score (nSPS) is 11.6. The van der Waals surface area contributed by atoms with Gasteiger partial charge in [0.2, 0.25) is 0 Å². The third kappa shape index (κ3) is 4.60. The number of furan rings is 1. The molecule has 10 aromatic rings. The van der Waals surface area contributed by atoms with Gasteiger partial charge in [0.05, 0.1) is 22.4 Å². The number of rotatable bonds is 5. The van der Waals surface area contributed by atoms with Crippen LogP contribution < -0.4 is 0 Å². The molecule has 0 saturated carbocycles. The summed E-state index contributed by atoms with van der Waals surface area (Å²) in [5.41, 5.74) is 12.0. The molecule has 4 aromatic heterocycles. The van der Waals surface area contributed by atoms with Crippen LogP contribution in [-0.4, -0.2) is 19.5 Å². The number of hydrogen-bond acceptors (Lipinski definition) is 4. The third-order valence-electron chi connectivity index (χ3n) is 9.53. The van der Waals surface area contributed by atoms with Crippen LogP contribution in [0.3, 0.4) is 0 Å². The Kier molecular flexibility index (Phi) is 6.42. The number of fused-ring (bicyclic) bond motifs is 7. The molecule has 0 aliphatic rings. The second-order valence-electron chi connectivity index (χ2n) is 12.5. The fraction of sp³-hybridized carbons (Fsp3) is 0. The van der Waals surface area contributed by atoms with E-state index >= 15 is 0 Å². The molecule has 0 radical (unpaired) electrons. The van der Waals surface area contributed by atoms with Crippen LogP contribution in [-0.2, 0) is 0 Å². The Morgan fingerprint density at radius 3 is 1.86 bits per heavy atom. The van der Waals surface area contributed by atoms with Gasteiger partial charge in [-0.1, -0.05) is 115 Å². The highest BCUT2D eigenvalue weighted by molar-refractivity contribution is 6.21. The average molecular weight is 641 g/mol. The summed E-state index contributed by atoms with van der Waals surface area (Å²) in [5, 5.41) is 4.59. The van der Waals surface area contributed by atoms with Gasteiger partial charge >= 0.3 is 0 Å². The Labute approximate surface area is 287 Å². The SMILES string of the molecule is c1ccc(-c2nc(-c3ccc(-c4cccnc4)cc3)cc(-c3ccc(-n4c5ccccc5c5ccc6c7ccccc7oc6c54)cc3)n2)cc1. The quantitative estimate of drug-likeness (QED) is 0.188. The van der Waals surface area contributed by atoms with Crippen LogP contribution in [0.1, 0.15) is 0 Å². The Hall–Kier alpha value is -6.85. The van der Waals surface area contributed by atoms with Gasteiger partial charge in [-0.25, -0.2) is 9.97 Å². The van der Waals surface area contributed by atoms with Crippen molar-refractivity contribution in [3.8, 4) is 50.7 Å². The molecule has 0 bridgehead atoms. The number of benzene rings is 6. The van der Waals surface area contributed by atoms with Gasteiger partial charge in [-0.2, -0.15) is 0 Å². The molecule has 5 nitrogen and oxygen atoms in total. The molecular formula is C45H28N4O. The first kappa shape index (κ1) is 28.2. The van der Waals surface area contributed by atoms with Crippen LogP contribution in [0.15, 0.2) is 175 Å². The molecule has 0 spiro atoms. The van der Waals surface area contributed by atoms with Gasteiger partial charge in [0.15, 0.2) is 11.4 Å². The first-order valence-corrected chi connectivity index (χ1v) is 16.7. The van der Waals surface area contributed by atoms with E-state index < -0.39 is 0 Å². The van der Waals surface area contributed by atoms with Gasteiger partial charge in [0, 0.05) is 56.3 Å². The maximum atomic E-state index is 6.55. The lowest BCUT2D eigenvalue weighted by Gasteiger charge is -2.12. The number of pyridine rings is 1. The molecule has 10 rings (SSSR count). The van der Waals surface area contributed by atoms with Crippen molar-refractivity contribution in [3.05, 3.63) is 170 Å². The molecule has 0 atom stereocenters. The molecule has 0 aliphatic carbocycles. The van der Waals surface area contributed by atoms with E-state index in [9.17, 15) is 0 Å². The highest BCUT2D eigenvalue weighted by Gasteiger charge is 2.19. The summed E-state index contributed by atoms with van der Waals surface area (Å²) in [5.74, 6) is 0.688. The molecule has 0 amide bonds. The summed E-state index contributed by atoms with van der Waals surface area (Å²) in [6.07, 6.45) is 3.67. The van der Waals surface area contributed by atoms with Crippen molar-refractivity contribution in [1.29, 1.82) is 0 Å². The minimum atomic E-state index is 0.688. The van der Waals surface area contributed by atoms with E-state index in [0.29, 0.717) is 5.82 Å². The average Bonchev–Trinajstić information content (AvgIpc) is 3.75. The van der Waals surface area contributed by atoms with E-state index in [1.165, 1.54) is 10.8 Å². The van der Waals surface area contributed by atoms with Gasteiger partial charge in [0.1, 0.15) is 5.58 Å². The Morgan fingerprint density at radius 2 is 1.10 bits per heavy atom. The van der Waals surface area contributed by atoms with Crippen LogP contribution in [0.4, 0.5) is 0 Å². The molecule has 4 heterocycles. The summed E-state index contributed by atoms with van der Waals surface area (Å²) in [4.78, 5) is 14.4. The first-order valence-electron chi connectivity index (χ1n) is 16.7. The number of aromatic nitrogens is 4. The van der Waals surface area contributed by atoms with E-state index in [1.807, 2.05) is 42.6 Å². The number of para-hydroxylation sites is 2. The van der Waals surface area contributed by atoms with Crippen molar-refractivity contribution in [2.24, 2.45) is 0 Å². The molecule has 50 heavy (non-hydrogen) atoms. The largest absolute Gasteiger partial charge is 0.454 e. The molecule has 5 heteroatoms. The molecular weight excluding hydrogens is 613 g/mol. The summed E-state index contributed by atoms with van der Waals surface area (Å²) in [6, 6.07) is 54.6. The smallest absolute Gasteiger partial charge is 0.160 e.